The molecule has 2 amide bonds. The van der Waals surface area contributed by atoms with Crippen LogP contribution in [0.1, 0.15) is 28.8 Å². The molecular formula is C23H23N5O2. The minimum Gasteiger partial charge on any atom is -0.366 e. The number of aryl methyl sites for hydroxylation is 1. The highest BCUT2D eigenvalue weighted by atomic mass is 16.2. The van der Waals surface area contributed by atoms with Gasteiger partial charge in [-0.15, -0.1) is 5.10 Å². The maximum absolute atomic E-state index is 12.0. The van der Waals surface area contributed by atoms with Crippen LogP contribution < -0.4 is 10.6 Å². The molecule has 0 aliphatic carbocycles. The first-order valence-electron chi connectivity index (χ1n) is 10.2. The number of aromatic nitrogens is 2. The zero-order chi connectivity index (χ0) is 20.8. The summed E-state index contributed by atoms with van der Waals surface area (Å²) in [5, 5.41) is 10.7. The molecule has 2 saturated heterocycles. The van der Waals surface area contributed by atoms with Crippen molar-refractivity contribution >= 4 is 28.4 Å². The highest BCUT2D eigenvalue weighted by Gasteiger charge is 2.36. The summed E-state index contributed by atoms with van der Waals surface area (Å²) in [7, 11) is 0. The molecule has 3 heterocycles. The molecule has 0 radical (unpaired) electrons. The number of amides is 2. The number of benzene rings is 2. The molecule has 30 heavy (non-hydrogen) atoms. The Morgan fingerprint density at radius 1 is 1.17 bits per heavy atom. The molecule has 7 nitrogen and oxygen atoms in total. The fraction of sp³-hybridized carbons (Fsp3) is 0.304. The molecule has 0 unspecified atom stereocenters. The SMILES string of the molecule is Cc1ccc(C(N)=O)cc1-c1ccc2c(N3CCN4C(=O)CC[C@H]4C3)nncc2c1. The van der Waals surface area contributed by atoms with Crippen LogP contribution >= 0.6 is 0 Å². The summed E-state index contributed by atoms with van der Waals surface area (Å²) in [6.45, 7) is 4.31. The van der Waals surface area contributed by atoms with E-state index in [1.165, 1.54) is 0 Å². The predicted octanol–water partition coefficient (Wildman–Crippen LogP) is 2.52. The number of anilines is 1. The normalized spacial score (nSPS) is 18.7. The number of fused-ring (bicyclic) bond motifs is 2. The molecule has 2 aliphatic heterocycles. The van der Waals surface area contributed by atoms with Crippen molar-refractivity contribution in [2.75, 3.05) is 24.5 Å². The highest BCUT2D eigenvalue weighted by Crippen LogP contribution is 2.32. The van der Waals surface area contributed by atoms with Gasteiger partial charge >= 0.3 is 0 Å². The first-order chi connectivity index (χ1) is 14.5. The van der Waals surface area contributed by atoms with Crippen molar-refractivity contribution in [3.05, 3.63) is 53.7 Å². The Bertz CT molecular complexity index is 1180. The molecule has 7 heteroatoms. The lowest BCUT2D eigenvalue weighted by Gasteiger charge is -2.38. The maximum Gasteiger partial charge on any atom is 0.248 e. The van der Waals surface area contributed by atoms with E-state index >= 15 is 0 Å². The largest absolute Gasteiger partial charge is 0.366 e. The number of nitrogens with two attached hydrogens (primary N) is 1. The molecule has 2 N–H and O–H groups in total. The molecule has 5 rings (SSSR count). The minimum atomic E-state index is -0.435. The fourth-order valence-corrected chi connectivity index (χ4v) is 4.62. The average Bonchev–Trinajstić information content (AvgIpc) is 3.13. The number of hydrogen-bond acceptors (Lipinski definition) is 5. The second-order valence-corrected chi connectivity index (χ2v) is 8.09. The molecule has 1 atom stereocenters. The molecule has 0 saturated carbocycles. The first-order valence-corrected chi connectivity index (χ1v) is 10.2. The van der Waals surface area contributed by atoms with Gasteiger partial charge in [-0.25, -0.2) is 0 Å². The molecule has 0 spiro atoms. The van der Waals surface area contributed by atoms with Crippen LogP contribution in [0, 0.1) is 6.92 Å². The number of primary amides is 1. The number of carbonyl (C=O) groups is 2. The van der Waals surface area contributed by atoms with Crippen LogP contribution in [0.2, 0.25) is 0 Å². The van der Waals surface area contributed by atoms with Crippen molar-refractivity contribution in [1.82, 2.24) is 15.1 Å². The quantitative estimate of drug-likeness (QED) is 0.728. The van der Waals surface area contributed by atoms with Gasteiger partial charge in [-0.05, 0) is 54.3 Å². The van der Waals surface area contributed by atoms with Crippen molar-refractivity contribution in [2.24, 2.45) is 5.73 Å². The van der Waals surface area contributed by atoms with Gasteiger partial charge in [0.05, 0.1) is 6.20 Å². The molecule has 1 aromatic heterocycles. The topological polar surface area (TPSA) is 92.4 Å². The van der Waals surface area contributed by atoms with Gasteiger partial charge in [0.25, 0.3) is 0 Å². The third-order valence-corrected chi connectivity index (χ3v) is 6.27. The Morgan fingerprint density at radius 2 is 2.03 bits per heavy atom. The van der Waals surface area contributed by atoms with E-state index in [-0.39, 0.29) is 11.9 Å². The van der Waals surface area contributed by atoms with Crippen molar-refractivity contribution in [1.29, 1.82) is 0 Å². The van der Waals surface area contributed by atoms with Crippen molar-refractivity contribution in [2.45, 2.75) is 25.8 Å². The Labute approximate surface area is 174 Å². The number of hydrogen-bond donors (Lipinski definition) is 1. The molecule has 2 aromatic carbocycles. The summed E-state index contributed by atoms with van der Waals surface area (Å²) >= 11 is 0. The summed E-state index contributed by atoms with van der Waals surface area (Å²) in [6, 6.07) is 12.0. The summed E-state index contributed by atoms with van der Waals surface area (Å²) in [6.07, 6.45) is 3.32. The van der Waals surface area contributed by atoms with Gasteiger partial charge in [0.15, 0.2) is 5.82 Å². The van der Waals surface area contributed by atoms with Gasteiger partial charge < -0.3 is 15.5 Å². The predicted molar refractivity (Wildman–Crippen MR) is 115 cm³/mol. The van der Waals surface area contributed by atoms with E-state index in [1.807, 2.05) is 24.0 Å². The standard InChI is InChI=1S/C23H23N5O2/c1-14-2-3-16(22(24)30)11-20(14)15-4-6-19-17(10-15)12-25-26-23(19)27-8-9-28-18(13-27)5-7-21(28)29/h2-4,6,10-12,18H,5,7-9,13H2,1H3,(H2,24,30)/t18-/m0/s1. The second-order valence-electron chi connectivity index (χ2n) is 8.09. The zero-order valence-electron chi connectivity index (χ0n) is 16.8. The van der Waals surface area contributed by atoms with Gasteiger partial charge in [-0.2, -0.15) is 5.10 Å². The van der Waals surface area contributed by atoms with E-state index in [4.69, 9.17) is 5.73 Å². The van der Waals surface area contributed by atoms with Crippen LogP contribution in [0.15, 0.2) is 42.6 Å². The van der Waals surface area contributed by atoms with Gasteiger partial charge in [-0.3, -0.25) is 9.59 Å². The molecule has 152 valence electrons. The lowest BCUT2D eigenvalue weighted by atomic mass is 9.96. The van der Waals surface area contributed by atoms with Crippen LogP contribution in [0.25, 0.3) is 21.9 Å². The van der Waals surface area contributed by atoms with E-state index in [9.17, 15) is 9.59 Å². The Balaban J connectivity index is 1.51. The molecular weight excluding hydrogens is 378 g/mol. The fourth-order valence-electron chi connectivity index (χ4n) is 4.62. The van der Waals surface area contributed by atoms with E-state index in [0.29, 0.717) is 12.0 Å². The Hall–Kier alpha value is -3.48. The molecule has 2 aliphatic rings. The molecule has 3 aromatic rings. The van der Waals surface area contributed by atoms with Gasteiger partial charge in [-0.1, -0.05) is 12.1 Å². The molecule has 2 fully saturated rings. The summed E-state index contributed by atoms with van der Waals surface area (Å²) in [5.41, 5.74) is 9.01. The second kappa shape index (κ2) is 7.09. The number of nitrogens with zero attached hydrogens (tertiary/aromatic N) is 4. The lowest BCUT2D eigenvalue weighted by Crippen LogP contribution is -2.51. The van der Waals surface area contributed by atoms with Gasteiger partial charge in [0.2, 0.25) is 11.8 Å². The van der Waals surface area contributed by atoms with Gasteiger partial charge in [0.1, 0.15) is 0 Å². The maximum atomic E-state index is 12.0. The number of rotatable bonds is 3. The monoisotopic (exact) mass is 401 g/mol. The number of piperazine rings is 1. The molecule has 0 bridgehead atoms. The first kappa shape index (κ1) is 18.5. The third-order valence-electron chi connectivity index (χ3n) is 6.27. The zero-order valence-corrected chi connectivity index (χ0v) is 16.8. The third kappa shape index (κ3) is 3.07. The van der Waals surface area contributed by atoms with E-state index in [2.05, 4.69) is 33.3 Å². The van der Waals surface area contributed by atoms with Crippen molar-refractivity contribution in [3.63, 3.8) is 0 Å². The van der Waals surface area contributed by atoms with Crippen molar-refractivity contribution < 1.29 is 9.59 Å². The van der Waals surface area contributed by atoms with Crippen LogP contribution in [0.4, 0.5) is 5.82 Å². The summed E-state index contributed by atoms with van der Waals surface area (Å²) in [4.78, 5) is 27.8. The smallest absolute Gasteiger partial charge is 0.248 e. The van der Waals surface area contributed by atoms with Crippen LogP contribution in [-0.4, -0.2) is 52.6 Å². The van der Waals surface area contributed by atoms with Crippen molar-refractivity contribution in [3.8, 4) is 11.1 Å². The van der Waals surface area contributed by atoms with Crippen LogP contribution in [0.5, 0.6) is 0 Å². The van der Waals surface area contributed by atoms with E-state index in [1.54, 1.807) is 12.3 Å². The van der Waals surface area contributed by atoms with Crippen LogP contribution in [0.3, 0.4) is 0 Å². The number of carbonyl (C=O) groups excluding carboxylic acids is 2. The van der Waals surface area contributed by atoms with Gasteiger partial charge in [0, 0.05) is 48.4 Å². The highest BCUT2D eigenvalue weighted by molar-refractivity contribution is 5.97. The lowest BCUT2D eigenvalue weighted by molar-refractivity contribution is -0.129. The van der Waals surface area contributed by atoms with E-state index < -0.39 is 5.91 Å². The Kier molecular flexibility index (Phi) is 4.38. The van der Waals surface area contributed by atoms with Crippen LogP contribution in [-0.2, 0) is 4.79 Å². The summed E-state index contributed by atoms with van der Waals surface area (Å²) < 4.78 is 0. The minimum absolute atomic E-state index is 0.266. The average molecular weight is 401 g/mol. The Morgan fingerprint density at radius 3 is 2.87 bits per heavy atom. The van der Waals surface area contributed by atoms with E-state index in [0.717, 1.165) is 59.3 Å². The summed E-state index contributed by atoms with van der Waals surface area (Å²) in [5.74, 6) is 0.692.